The van der Waals surface area contributed by atoms with Crippen molar-refractivity contribution in [3.63, 3.8) is 0 Å². The zero-order valence-electron chi connectivity index (χ0n) is 17.2. The number of hydrogen-bond donors (Lipinski definition) is 0. The van der Waals surface area contributed by atoms with E-state index in [0.29, 0.717) is 27.9 Å². The molecule has 32 heavy (non-hydrogen) atoms. The molecule has 0 fully saturated rings. The van der Waals surface area contributed by atoms with Gasteiger partial charge in [-0.2, -0.15) is 8.90 Å². The van der Waals surface area contributed by atoms with Gasteiger partial charge < -0.3 is 23.9 Å². The average Bonchev–Trinajstić information content (AvgIpc) is 3.22. The van der Waals surface area contributed by atoms with Gasteiger partial charge in [0.05, 0.1) is 28.7 Å². The van der Waals surface area contributed by atoms with Gasteiger partial charge in [0.2, 0.25) is 5.58 Å². The van der Waals surface area contributed by atoms with Crippen LogP contribution < -0.4 is 70.8 Å². The van der Waals surface area contributed by atoms with Crippen LogP contribution in [0.1, 0.15) is 5.89 Å². The van der Waals surface area contributed by atoms with E-state index >= 15 is 0 Å². The molecule has 3 aromatic rings. The molecule has 0 saturated heterocycles. The van der Waals surface area contributed by atoms with Crippen molar-refractivity contribution in [2.45, 2.75) is 9.79 Å². The van der Waals surface area contributed by atoms with Crippen LogP contribution >= 0.6 is 12.0 Å². The first-order valence-electron chi connectivity index (χ1n) is 8.73. The smallest absolute Gasteiger partial charge is 0.744 e. The summed E-state index contributed by atoms with van der Waals surface area (Å²) in [6.07, 6.45) is 5.12. The second-order valence-corrected chi connectivity index (χ2v) is 8.61. The first-order valence-corrected chi connectivity index (χ1v) is 10.9. The molecular formula is C19H15KN2O8S2. The normalized spacial score (nSPS) is 14.8. The molecule has 0 amide bonds. The van der Waals surface area contributed by atoms with Crippen molar-refractivity contribution in [1.29, 1.82) is 0 Å². The summed E-state index contributed by atoms with van der Waals surface area (Å²) >= 11 is 0.771. The number of fused-ring (bicyclic) bond motifs is 2. The Morgan fingerprint density at radius 2 is 2.00 bits per heavy atom. The van der Waals surface area contributed by atoms with E-state index in [1.165, 1.54) is 18.2 Å². The standard InChI is InChI=1S/C19H16N2O8S2.K/c1-20-14-8-6-12(30-29-28-22)10-16(14)26-18(20)4-3-5-19-21(2)15-9-7-13(31(23,24)25)11-17(15)27-19;/h3-11H,1-2H3,(H-,22,23,24,25);/q;+1/p-1. The number of aromatic nitrogens is 1. The number of aryl methyl sites for hydroxylation is 1. The van der Waals surface area contributed by atoms with Crippen LogP contribution in [0.3, 0.4) is 0 Å². The molecule has 0 aliphatic carbocycles. The predicted molar refractivity (Wildman–Crippen MR) is 106 cm³/mol. The van der Waals surface area contributed by atoms with E-state index in [2.05, 4.69) is 9.37 Å². The van der Waals surface area contributed by atoms with Gasteiger partial charge in [-0.15, -0.1) is 0 Å². The maximum atomic E-state index is 11.2. The maximum Gasteiger partial charge on any atom is 1.00 e. The Labute approximate surface area is 230 Å². The van der Waals surface area contributed by atoms with Crippen LogP contribution in [-0.2, 0) is 26.5 Å². The monoisotopic (exact) mass is 502 g/mol. The van der Waals surface area contributed by atoms with Crippen molar-refractivity contribution in [1.82, 2.24) is 0 Å². The number of oxazole rings is 1. The zero-order chi connectivity index (χ0) is 22.2. The molecule has 0 spiro atoms. The van der Waals surface area contributed by atoms with E-state index < -0.39 is 10.1 Å². The first kappa shape index (κ1) is 25.4. The number of benzene rings is 2. The van der Waals surface area contributed by atoms with E-state index in [0.717, 1.165) is 17.7 Å². The summed E-state index contributed by atoms with van der Waals surface area (Å²) in [6.45, 7) is 0. The predicted octanol–water partition coefficient (Wildman–Crippen LogP) is -1.22. The molecule has 0 bridgehead atoms. The maximum absolute atomic E-state index is 11.2. The fourth-order valence-corrected chi connectivity index (χ4v) is 3.94. The molecule has 0 radical (unpaired) electrons. The Morgan fingerprint density at radius 1 is 1.22 bits per heavy atom. The molecule has 13 heteroatoms. The molecule has 1 aliphatic heterocycles. The molecule has 4 rings (SSSR count). The van der Waals surface area contributed by atoms with E-state index in [4.69, 9.17) is 9.15 Å². The van der Waals surface area contributed by atoms with Crippen LogP contribution in [0.4, 0.5) is 5.69 Å². The summed E-state index contributed by atoms with van der Waals surface area (Å²) in [5.74, 6) is 1.58. The molecule has 2 aromatic carbocycles. The number of rotatable bonds is 6. The van der Waals surface area contributed by atoms with Crippen LogP contribution in [-0.4, -0.2) is 20.0 Å². The van der Waals surface area contributed by atoms with Gasteiger partial charge in [0.25, 0.3) is 5.52 Å². The molecule has 2 heterocycles. The molecule has 162 valence electrons. The van der Waals surface area contributed by atoms with Crippen LogP contribution in [0.5, 0.6) is 5.75 Å². The minimum atomic E-state index is -4.57. The van der Waals surface area contributed by atoms with Gasteiger partial charge in [0.1, 0.15) is 17.2 Å². The number of hydrogen-bond acceptors (Lipinski definition) is 10. The summed E-state index contributed by atoms with van der Waals surface area (Å²) in [5, 5.41) is 13.3. The fourth-order valence-electron chi connectivity index (χ4n) is 3.07. The first-order chi connectivity index (χ1) is 14.8. The average molecular weight is 503 g/mol. The van der Waals surface area contributed by atoms with Gasteiger partial charge in [-0.25, -0.2) is 8.42 Å². The Kier molecular flexibility index (Phi) is 8.22. The summed E-state index contributed by atoms with van der Waals surface area (Å²) in [6, 6.07) is 9.25. The Bertz CT molecular complexity index is 1320. The fraction of sp³-hybridized carbons (Fsp3) is 0.105. The van der Waals surface area contributed by atoms with Gasteiger partial charge in [0.15, 0.2) is 11.6 Å². The summed E-state index contributed by atoms with van der Waals surface area (Å²) in [4.78, 5) is 2.12. The molecule has 0 saturated carbocycles. The Morgan fingerprint density at radius 3 is 2.72 bits per heavy atom. The molecule has 0 N–H and O–H groups in total. The van der Waals surface area contributed by atoms with Gasteiger partial charge in [-0.05, 0) is 36.4 Å². The van der Waals surface area contributed by atoms with Gasteiger partial charge >= 0.3 is 57.3 Å². The molecule has 0 atom stereocenters. The van der Waals surface area contributed by atoms with E-state index in [9.17, 15) is 18.2 Å². The molecule has 1 aromatic heterocycles. The second kappa shape index (κ2) is 10.4. The Hall–Kier alpha value is -1.23. The SMILES string of the molecule is CN1C(=CC=Cc2oc3cc(S(=O)(=O)[O-])ccc3[n+]2C)Oc2cc(SOO[O-])ccc21.[K+]. The van der Waals surface area contributed by atoms with Crippen LogP contribution in [0.15, 0.2) is 68.6 Å². The van der Waals surface area contributed by atoms with Crippen molar-refractivity contribution in [3.8, 4) is 5.75 Å². The van der Waals surface area contributed by atoms with E-state index in [1.54, 1.807) is 42.0 Å². The zero-order valence-corrected chi connectivity index (χ0v) is 21.9. The molecular weight excluding hydrogens is 487 g/mol. The quantitative estimate of drug-likeness (QED) is 0.101. The van der Waals surface area contributed by atoms with Crippen LogP contribution in [0.2, 0.25) is 0 Å². The number of nitrogens with zero attached hydrogens (tertiary/aromatic N) is 2. The Balaban J connectivity index is 0.00000289. The minimum absolute atomic E-state index is 0. The molecule has 0 unspecified atom stereocenters. The van der Waals surface area contributed by atoms with Crippen molar-refractivity contribution in [2.24, 2.45) is 7.05 Å². The van der Waals surface area contributed by atoms with E-state index in [1.807, 2.05) is 18.0 Å². The van der Waals surface area contributed by atoms with Gasteiger partial charge in [-0.3, -0.25) is 5.04 Å². The van der Waals surface area contributed by atoms with E-state index in [-0.39, 0.29) is 61.9 Å². The summed E-state index contributed by atoms with van der Waals surface area (Å²) < 4.78 is 51.2. The van der Waals surface area contributed by atoms with Crippen LogP contribution in [0.25, 0.3) is 17.2 Å². The van der Waals surface area contributed by atoms with Crippen molar-refractivity contribution in [3.05, 3.63) is 60.3 Å². The minimum Gasteiger partial charge on any atom is -0.744 e. The third kappa shape index (κ3) is 5.29. The summed E-state index contributed by atoms with van der Waals surface area (Å²) in [7, 11) is -0.977. The van der Waals surface area contributed by atoms with Crippen LogP contribution in [0, 0.1) is 0 Å². The van der Waals surface area contributed by atoms with Crippen molar-refractivity contribution < 1.29 is 92.7 Å². The van der Waals surface area contributed by atoms with Gasteiger partial charge in [-0.1, -0.05) is 0 Å². The van der Waals surface area contributed by atoms with Crippen molar-refractivity contribution in [2.75, 3.05) is 11.9 Å². The largest absolute Gasteiger partial charge is 1.00 e. The molecule has 1 aliphatic rings. The number of ether oxygens (including phenoxy) is 1. The third-order valence-corrected chi connectivity index (χ3v) is 6.00. The number of allylic oxidation sites excluding steroid dienone is 2. The third-order valence-electron chi connectivity index (χ3n) is 4.60. The summed E-state index contributed by atoms with van der Waals surface area (Å²) in [5.41, 5.74) is 1.74. The van der Waals surface area contributed by atoms with Gasteiger partial charge in [0, 0.05) is 24.1 Å². The number of anilines is 1. The second-order valence-electron chi connectivity index (χ2n) is 6.46. The molecule has 10 nitrogen and oxygen atoms in total. The topological polar surface area (TPSA) is 128 Å². The van der Waals surface area contributed by atoms with Crippen molar-refractivity contribution >= 4 is 45.0 Å².